The number of ether oxygens (including phenoxy) is 1. The van der Waals surface area contributed by atoms with Crippen LogP contribution in [0, 0.1) is 0 Å². The molecule has 1 aliphatic heterocycles. The highest BCUT2D eigenvalue weighted by Gasteiger charge is 2.21. The number of guanidine groups is 1. The third-order valence-corrected chi connectivity index (χ3v) is 5.67. The highest BCUT2D eigenvalue weighted by atomic mass is 127. The van der Waals surface area contributed by atoms with Gasteiger partial charge in [0.15, 0.2) is 5.96 Å². The Hall–Kier alpha value is -1.61. The molecule has 2 atom stereocenters. The average molecular weight is 513 g/mol. The van der Waals surface area contributed by atoms with Gasteiger partial charge in [-0.2, -0.15) is 0 Å². The van der Waals surface area contributed by atoms with Crippen LogP contribution in [0.1, 0.15) is 30.5 Å². The zero-order valence-electron chi connectivity index (χ0n) is 16.1. The van der Waals surface area contributed by atoms with E-state index < -0.39 is 10.8 Å². The first-order chi connectivity index (χ1) is 13.3. The van der Waals surface area contributed by atoms with Crippen molar-refractivity contribution in [1.29, 1.82) is 0 Å². The van der Waals surface area contributed by atoms with Crippen molar-refractivity contribution < 1.29 is 8.95 Å². The molecule has 1 heterocycles. The van der Waals surface area contributed by atoms with E-state index in [1.54, 1.807) is 0 Å². The van der Waals surface area contributed by atoms with E-state index in [0.717, 1.165) is 35.8 Å². The molecule has 2 unspecified atom stereocenters. The molecule has 0 saturated heterocycles. The molecule has 7 heteroatoms. The van der Waals surface area contributed by atoms with Gasteiger partial charge in [-0.25, -0.2) is 0 Å². The third-order valence-electron chi connectivity index (χ3n) is 4.37. The molecule has 1 aliphatic rings. The highest BCUT2D eigenvalue weighted by Crippen LogP contribution is 2.31. The van der Waals surface area contributed by atoms with Crippen LogP contribution in [0.25, 0.3) is 0 Å². The largest absolute Gasteiger partial charge is 0.493 e. The fourth-order valence-corrected chi connectivity index (χ4v) is 4.07. The van der Waals surface area contributed by atoms with E-state index in [2.05, 4.69) is 21.7 Å². The summed E-state index contributed by atoms with van der Waals surface area (Å²) in [7, 11) is -0.917. The van der Waals surface area contributed by atoms with Crippen LogP contribution >= 0.6 is 24.0 Å². The van der Waals surface area contributed by atoms with Gasteiger partial charge in [0.05, 0.1) is 19.2 Å². The van der Waals surface area contributed by atoms with Crippen molar-refractivity contribution in [2.45, 2.75) is 25.1 Å². The van der Waals surface area contributed by atoms with E-state index in [9.17, 15) is 4.21 Å². The Labute approximate surface area is 186 Å². The molecule has 0 saturated carbocycles. The molecule has 0 spiro atoms. The van der Waals surface area contributed by atoms with Crippen molar-refractivity contribution in [3.8, 4) is 5.75 Å². The van der Waals surface area contributed by atoms with Crippen LogP contribution in [-0.4, -0.2) is 35.6 Å². The molecule has 28 heavy (non-hydrogen) atoms. The lowest BCUT2D eigenvalue weighted by atomic mass is 10.0. The lowest BCUT2D eigenvalue weighted by Gasteiger charge is -2.28. The summed E-state index contributed by atoms with van der Waals surface area (Å²) >= 11 is 0. The Morgan fingerprint density at radius 3 is 2.71 bits per heavy atom. The fraction of sp³-hybridized carbons (Fsp3) is 0.381. The topological polar surface area (TPSA) is 62.7 Å². The molecular formula is C21H28IN3O2S. The molecule has 0 fully saturated rings. The lowest BCUT2D eigenvalue weighted by molar-refractivity contribution is 0.261. The number of nitrogens with one attached hydrogen (secondary N) is 2. The second-order valence-corrected chi connectivity index (χ2v) is 7.98. The normalized spacial score (nSPS) is 16.9. The van der Waals surface area contributed by atoms with Gasteiger partial charge in [0, 0.05) is 40.8 Å². The summed E-state index contributed by atoms with van der Waals surface area (Å²) in [5, 5.41) is 6.78. The molecule has 0 bridgehead atoms. The molecule has 2 aromatic rings. The minimum absolute atomic E-state index is 0. The van der Waals surface area contributed by atoms with Gasteiger partial charge in [0.25, 0.3) is 0 Å². The second-order valence-electron chi connectivity index (χ2n) is 6.41. The number of nitrogens with zero attached hydrogens (tertiary/aromatic N) is 1. The smallest absolute Gasteiger partial charge is 0.191 e. The van der Waals surface area contributed by atoms with Crippen LogP contribution in [0.2, 0.25) is 0 Å². The van der Waals surface area contributed by atoms with E-state index in [4.69, 9.17) is 4.74 Å². The maximum absolute atomic E-state index is 12.3. The standard InChI is InChI=1S/C21H27N3O2S.HI/c1-2-22-21(23-13-15-27(25)16-17-8-4-3-5-9-17)24-19-12-14-26-20-11-7-6-10-18(19)20;/h3-11,19H,2,12-16H2,1H3,(H2,22,23,24);1H. The Morgan fingerprint density at radius 1 is 1.18 bits per heavy atom. The van der Waals surface area contributed by atoms with E-state index in [-0.39, 0.29) is 30.0 Å². The monoisotopic (exact) mass is 513 g/mol. The first-order valence-electron chi connectivity index (χ1n) is 9.41. The molecular weight excluding hydrogens is 485 g/mol. The Morgan fingerprint density at radius 2 is 1.93 bits per heavy atom. The van der Waals surface area contributed by atoms with Gasteiger partial charge in [-0.05, 0) is 18.6 Å². The van der Waals surface area contributed by atoms with Gasteiger partial charge < -0.3 is 15.4 Å². The summed E-state index contributed by atoms with van der Waals surface area (Å²) in [6, 6.07) is 18.2. The van der Waals surface area contributed by atoms with Crippen LogP contribution in [-0.2, 0) is 16.6 Å². The first kappa shape index (κ1) is 22.7. The zero-order chi connectivity index (χ0) is 18.9. The summed E-state index contributed by atoms with van der Waals surface area (Å²) in [4.78, 5) is 4.62. The number of halogens is 1. The fourth-order valence-electron chi connectivity index (χ4n) is 3.07. The molecule has 2 N–H and O–H groups in total. The SMILES string of the molecule is CCNC(=NCCS(=O)Cc1ccccc1)NC1CCOc2ccccc21.I. The molecule has 0 aliphatic carbocycles. The van der Waals surface area contributed by atoms with E-state index in [1.165, 1.54) is 0 Å². The van der Waals surface area contributed by atoms with Gasteiger partial charge in [-0.1, -0.05) is 48.5 Å². The number of aliphatic imine (C=N–C) groups is 1. The summed E-state index contributed by atoms with van der Waals surface area (Å²) in [5.41, 5.74) is 2.26. The van der Waals surface area contributed by atoms with Crippen molar-refractivity contribution in [2.75, 3.05) is 25.4 Å². The summed E-state index contributed by atoms with van der Waals surface area (Å²) in [6.07, 6.45) is 0.890. The van der Waals surface area contributed by atoms with Crippen molar-refractivity contribution >= 4 is 40.7 Å². The summed E-state index contributed by atoms with van der Waals surface area (Å²) < 4.78 is 18.0. The zero-order valence-corrected chi connectivity index (χ0v) is 19.2. The van der Waals surface area contributed by atoms with Crippen LogP contribution in [0.15, 0.2) is 59.6 Å². The van der Waals surface area contributed by atoms with E-state index >= 15 is 0 Å². The molecule has 152 valence electrons. The molecule has 0 radical (unpaired) electrons. The number of para-hydroxylation sites is 1. The summed E-state index contributed by atoms with van der Waals surface area (Å²) in [6.45, 7) is 4.04. The Bertz CT molecular complexity index is 786. The van der Waals surface area contributed by atoms with Crippen LogP contribution < -0.4 is 15.4 Å². The third kappa shape index (κ3) is 6.77. The van der Waals surface area contributed by atoms with Gasteiger partial charge in [-0.15, -0.1) is 24.0 Å². The molecule has 3 rings (SSSR count). The predicted molar refractivity (Wildman–Crippen MR) is 127 cm³/mol. The molecule has 0 amide bonds. The predicted octanol–water partition coefficient (Wildman–Crippen LogP) is 3.63. The minimum Gasteiger partial charge on any atom is -0.493 e. The van der Waals surface area contributed by atoms with Gasteiger partial charge in [0.1, 0.15) is 5.75 Å². The van der Waals surface area contributed by atoms with Crippen molar-refractivity contribution in [1.82, 2.24) is 10.6 Å². The Balaban J connectivity index is 0.00000280. The van der Waals surface area contributed by atoms with Crippen molar-refractivity contribution in [3.63, 3.8) is 0 Å². The maximum atomic E-state index is 12.3. The van der Waals surface area contributed by atoms with Crippen LogP contribution in [0.4, 0.5) is 0 Å². The van der Waals surface area contributed by atoms with E-state index in [1.807, 2.05) is 55.5 Å². The number of benzene rings is 2. The lowest BCUT2D eigenvalue weighted by Crippen LogP contribution is -2.41. The van der Waals surface area contributed by atoms with Gasteiger partial charge >= 0.3 is 0 Å². The van der Waals surface area contributed by atoms with Crippen LogP contribution in [0.5, 0.6) is 5.75 Å². The Kier molecular flexibility index (Phi) is 9.77. The molecule has 2 aromatic carbocycles. The number of rotatable bonds is 7. The molecule has 0 aromatic heterocycles. The van der Waals surface area contributed by atoms with Crippen LogP contribution in [0.3, 0.4) is 0 Å². The number of fused-ring (bicyclic) bond motifs is 1. The van der Waals surface area contributed by atoms with E-state index in [0.29, 0.717) is 24.7 Å². The average Bonchev–Trinajstić information content (AvgIpc) is 2.69. The van der Waals surface area contributed by atoms with Crippen molar-refractivity contribution in [3.05, 3.63) is 65.7 Å². The van der Waals surface area contributed by atoms with Gasteiger partial charge in [0.2, 0.25) is 0 Å². The quantitative estimate of drug-likeness (QED) is 0.337. The summed E-state index contributed by atoms with van der Waals surface area (Å²) in [5.74, 6) is 2.82. The molecule has 5 nitrogen and oxygen atoms in total. The van der Waals surface area contributed by atoms with Crippen molar-refractivity contribution in [2.24, 2.45) is 4.99 Å². The second kappa shape index (κ2) is 12.1. The minimum atomic E-state index is -0.917. The number of hydrogen-bond donors (Lipinski definition) is 2. The first-order valence-corrected chi connectivity index (χ1v) is 10.9. The van der Waals surface area contributed by atoms with Gasteiger partial charge in [-0.3, -0.25) is 9.20 Å². The number of hydrogen-bond acceptors (Lipinski definition) is 3. The highest BCUT2D eigenvalue weighted by molar-refractivity contribution is 14.0. The maximum Gasteiger partial charge on any atom is 0.191 e.